The molecule has 0 unspecified atom stereocenters. The van der Waals surface area contributed by atoms with Gasteiger partial charge in [-0.15, -0.1) is 0 Å². The van der Waals surface area contributed by atoms with Gasteiger partial charge in [0.15, 0.2) is 0 Å². The van der Waals surface area contributed by atoms with Crippen LogP contribution in [0.4, 0.5) is 0 Å². The van der Waals surface area contributed by atoms with Crippen LogP contribution in [0.3, 0.4) is 0 Å². The van der Waals surface area contributed by atoms with Gasteiger partial charge in [-0.05, 0) is 19.8 Å². The van der Waals surface area contributed by atoms with Crippen molar-refractivity contribution >= 4 is 0 Å². The molecule has 15 heavy (non-hydrogen) atoms. The second-order valence-corrected chi connectivity index (χ2v) is 4.73. The first kappa shape index (κ1) is 10.6. The van der Waals surface area contributed by atoms with Crippen molar-refractivity contribution in [3.05, 3.63) is 18.2 Å². The van der Waals surface area contributed by atoms with E-state index in [2.05, 4.69) is 9.88 Å². The van der Waals surface area contributed by atoms with Gasteiger partial charge in [0.25, 0.3) is 0 Å². The monoisotopic (exact) mass is 209 g/mol. The lowest BCUT2D eigenvalue weighted by Crippen LogP contribution is -2.42. The third-order valence-electron chi connectivity index (χ3n) is 3.22. The number of hydrogen-bond acceptors (Lipinski definition) is 3. The maximum absolute atomic E-state index is 9.83. The van der Waals surface area contributed by atoms with Crippen LogP contribution >= 0.6 is 0 Å². The van der Waals surface area contributed by atoms with Gasteiger partial charge in [-0.3, -0.25) is 4.90 Å². The molecule has 0 bridgehead atoms. The Kier molecular flexibility index (Phi) is 2.80. The van der Waals surface area contributed by atoms with Crippen molar-refractivity contribution in [3.8, 4) is 0 Å². The summed E-state index contributed by atoms with van der Waals surface area (Å²) >= 11 is 0. The molecule has 2 rings (SSSR count). The van der Waals surface area contributed by atoms with Crippen LogP contribution in [0.1, 0.15) is 25.6 Å². The van der Waals surface area contributed by atoms with Crippen LogP contribution in [0.2, 0.25) is 0 Å². The third-order valence-corrected chi connectivity index (χ3v) is 3.22. The highest BCUT2D eigenvalue weighted by atomic mass is 16.3. The Hall–Kier alpha value is -0.870. The normalized spacial score (nSPS) is 21.8. The van der Waals surface area contributed by atoms with E-state index in [1.54, 1.807) is 0 Å². The average Bonchev–Trinajstić information content (AvgIpc) is 2.56. The standard InChI is InChI=1S/C11H19N3O/c1-11(15)3-6-14(7-4-11)9-10-12-5-8-13(10)2/h5,8,15H,3-4,6-7,9H2,1-2H3. The molecule has 1 N–H and O–H groups in total. The summed E-state index contributed by atoms with van der Waals surface area (Å²) in [5, 5.41) is 9.83. The SMILES string of the molecule is Cn1ccnc1CN1CCC(C)(O)CC1. The Balaban J connectivity index is 1.90. The summed E-state index contributed by atoms with van der Waals surface area (Å²) in [4.78, 5) is 6.65. The lowest BCUT2D eigenvalue weighted by Gasteiger charge is -2.35. The minimum Gasteiger partial charge on any atom is -0.390 e. The van der Waals surface area contributed by atoms with E-state index in [9.17, 15) is 5.11 Å². The molecule has 0 aromatic carbocycles. The van der Waals surface area contributed by atoms with E-state index in [4.69, 9.17) is 0 Å². The Morgan fingerprint density at radius 2 is 2.13 bits per heavy atom. The zero-order valence-electron chi connectivity index (χ0n) is 9.48. The van der Waals surface area contributed by atoms with E-state index < -0.39 is 5.60 Å². The molecule has 1 saturated heterocycles. The highest BCUT2D eigenvalue weighted by molar-refractivity contribution is 4.92. The second kappa shape index (κ2) is 3.94. The largest absolute Gasteiger partial charge is 0.390 e. The van der Waals surface area contributed by atoms with Crippen LogP contribution in [0.5, 0.6) is 0 Å². The van der Waals surface area contributed by atoms with E-state index in [1.165, 1.54) is 0 Å². The molecule has 1 fully saturated rings. The number of imidazole rings is 1. The van der Waals surface area contributed by atoms with Crippen molar-refractivity contribution in [1.82, 2.24) is 14.5 Å². The molecule has 84 valence electrons. The first-order valence-electron chi connectivity index (χ1n) is 5.48. The molecule has 4 nitrogen and oxygen atoms in total. The Morgan fingerprint density at radius 1 is 1.47 bits per heavy atom. The fraction of sp³-hybridized carbons (Fsp3) is 0.727. The molecule has 1 aromatic rings. The number of hydrogen-bond donors (Lipinski definition) is 1. The van der Waals surface area contributed by atoms with Crippen LogP contribution in [0.25, 0.3) is 0 Å². The van der Waals surface area contributed by atoms with Crippen LogP contribution in [0, 0.1) is 0 Å². The van der Waals surface area contributed by atoms with Crippen molar-refractivity contribution in [2.24, 2.45) is 7.05 Å². The molecule has 1 aliphatic heterocycles. The van der Waals surface area contributed by atoms with E-state index in [0.717, 1.165) is 38.3 Å². The highest BCUT2D eigenvalue weighted by Crippen LogP contribution is 2.21. The van der Waals surface area contributed by atoms with Gasteiger partial charge in [0.1, 0.15) is 5.82 Å². The number of aryl methyl sites for hydroxylation is 1. The summed E-state index contributed by atoms with van der Waals surface area (Å²) in [6.45, 7) is 4.73. The number of nitrogens with zero attached hydrogens (tertiary/aromatic N) is 3. The summed E-state index contributed by atoms with van der Waals surface area (Å²) in [7, 11) is 2.02. The van der Waals surface area contributed by atoms with E-state index in [1.807, 2.05) is 30.9 Å². The van der Waals surface area contributed by atoms with Gasteiger partial charge in [0, 0.05) is 32.5 Å². The quantitative estimate of drug-likeness (QED) is 0.782. The predicted octanol–water partition coefficient (Wildman–Crippen LogP) is 0.767. The van der Waals surface area contributed by atoms with Gasteiger partial charge in [-0.2, -0.15) is 0 Å². The van der Waals surface area contributed by atoms with Gasteiger partial charge >= 0.3 is 0 Å². The molecular weight excluding hydrogens is 190 g/mol. The fourth-order valence-electron chi connectivity index (χ4n) is 1.94. The molecule has 0 atom stereocenters. The van der Waals surface area contributed by atoms with Crippen molar-refractivity contribution < 1.29 is 5.11 Å². The Labute approximate surface area is 90.5 Å². The van der Waals surface area contributed by atoms with Gasteiger partial charge in [0.05, 0.1) is 12.1 Å². The number of piperidine rings is 1. The van der Waals surface area contributed by atoms with Gasteiger partial charge < -0.3 is 9.67 Å². The zero-order chi connectivity index (χ0) is 10.9. The number of likely N-dealkylation sites (tertiary alicyclic amines) is 1. The summed E-state index contributed by atoms with van der Waals surface area (Å²) < 4.78 is 2.05. The minimum atomic E-state index is -0.460. The number of rotatable bonds is 2. The second-order valence-electron chi connectivity index (χ2n) is 4.73. The van der Waals surface area contributed by atoms with Gasteiger partial charge in [-0.1, -0.05) is 0 Å². The van der Waals surface area contributed by atoms with Crippen molar-refractivity contribution in [2.75, 3.05) is 13.1 Å². The summed E-state index contributed by atoms with van der Waals surface area (Å²) in [6, 6.07) is 0. The molecule has 0 amide bonds. The Bertz CT molecular complexity index is 322. The number of aliphatic hydroxyl groups is 1. The maximum Gasteiger partial charge on any atom is 0.122 e. The maximum atomic E-state index is 9.83. The summed E-state index contributed by atoms with van der Waals surface area (Å²) in [6.07, 6.45) is 5.51. The molecule has 1 aliphatic rings. The lowest BCUT2D eigenvalue weighted by atomic mass is 9.94. The molecule has 1 aromatic heterocycles. The highest BCUT2D eigenvalue weighted by Gasteiger charge is 2.27. The molecule has 2 heterocycles. The third kappa shape index (κ3) is 2.58. The van der Waals surface area contributed by atoms with Crippen LogP contribution < -0.4 is 0 Å². The van der Waals surface area contributed by atoms with E-state index >= 15 is 0 Å². The van der Waals surface area contributed by atoms with Gasteiger partial charge in [0.2, 0.25) is 0 Å². The first-order chi connectivity index (χ1) is 7.07. The lowest BCUT2D eigenvalue weighted by molar-refractivity contribution is -0.00803. The van der Waals surface area contributed by atoms with Crippen LogP contribution in [-0.2, 0) is 13.6 Å². The van der Waals surface area contributed by atoms with Crippen molar-refractivity contribution in [1.29, 1.82) is 0 Å². The zero-order valence-corrected chi connectivity index (χ0v) is 9.48. The molecular formula is C11H19N3O. The van der Waals surface area contributed by atoms with E-state index in [-0.39, 0.29) is 0 Å². The molecule has 0 aliphatic carbocycles. The predicted molar refractivity (Wildman–Crippen MR) is 58.3 cm³/mol. The molecule has 0 radical (unpaired) electrons. The van der Waals surface area contributed by atoms with Crippen molar-refractivity contribution in [3.63, 3.8) is 0 Å². The summed E-state index contributed by atoms with van der Waals surface area (Å²) in [5.74, 6) is 1.09. The molecule has 4 heteroatoms. The van der Waals surface area contributed by atoms with Crippen LogP contribution in [-0.4, -0.2) is 38.2 Å². The number of aromatic nitrogens is 2. The smallest absolute Gasteiger partial charge is 0.122 e. The molecule has 0 spiro atoms. The molecule has 0 saturated carbocycles. The average molecular weight is 209 g/mol. The minimum absolute atomic E-state index is 0.460. The van der Waals surface area contributed by atoms with Gasteiger partial charge in [-0.25, -0.2) is 4.98 Å². The first-order valence-corrected chi connectivity index (χ1v) is 5.48. The fourth-order valence-corrected chi connectivity index (χ4v) is 1.94. The Morgan fingerprint density at radius 3 is 2.67 bits per heavy atom. The van der Waals surface area contributed by atoms with Crippen molar-refractivity contribution in [2.45, 2.75) is 31.9 Å². The topological polar surface area (TPSA) is 41.3 Å². The van der Waals surface area contributed by atoms with E-state index in [0.29, 0.717) is 0 Å². The van der Waals surface area contributed by atoms with Crippen LogP contribution in [0.15, 0.2) is 12.4 Å². The summed E-state index contributed by atoms with van der Waals surface area (Å²) in [5.41, 5.74) is -0.460.